The molecular formula is C26H37N5O5. The van der Waals surface area contributed by atoms with Gasteiger partial charge in [0.25, 0.3) is 0 Å². The Morgan fingerprint density at radius 1 is 1.17 bits per heavy atom. The number of rotatable bonds is 8. The number of amides is 1. The van der Waals surface area contributed by atoms with Crippen LogP contribution in [0, 0.1) is 18.8 Å². The van der Waals surface area contributed by atoms with Crippen LogP contribution >= 0.6 is 0 Å². The van der Waals surface area contributed by atoms with Gasteiger partial charge in [0.1, 0.15) is 17.5 Å². The summed E-state index contributed by atoms with van der Waals surface area (Å²) in [5.41, 5.74) is 2.61. The summed E-state index contributed by atoms with van der Waals surface area (Å²) in [7, 11) is 1.77. The third-order valence-electron chi connectivity index (χ3n) is 7.50. The summed E-state index contributed by atoms with van der Waals surface area (Å²) in [5, 5.41) is 20.6. The lowest BCUT2D eigenvalue weighted by atomic mass is 9.86. The maximum Gasteiger partial charge on any atom is 0.407 e. The number of ether oxygens (including phenoxy) is 2. The van der Waals surface area contributed by atoms with Crippen LogP contribution in [0.25, 0.3) is 11.4 Å². The lowest BCUT2D eigenvalue weighted by molar-refractivity contribution is -0.143. The summed E-state index contributed by atoms with van der Waals surface area (Å²) >= 11 is 0. The first-order valence-electron chi connectivity index (χ1n) is 13.0. The van der Waals surface area contributed by atoms with E-state index in [1.54, 1.807) is 11.7 Å². The fourth-order valence-electron chi connectivity index (χ4n) is 5.30. The van der Waals surface area contributed by atoms with Crippen molar-refractivity contribution in [2.24, 2.45) is 18.9 Å². The first-order valence-corrected chi connectivity index (χ1v) is 13.0. The number of nitrogens with zero attached hydrogens (tertiary/aromatic N) is 4. The van der Waals surface area contributed by atoms with E-state index < -0.39 is 12.1 Å². The second-order valence-electron chi connectivity index (χ2n) is 10.1. The molecule has 0 aromatic carbocycles. The van der Waals surface area contributed by atoms with E-state index in [4.69, 9.17) is 9.47 Å². The van der Waals surface area contributed by atoms with Crippen molar-refractivity contribution in [2.45, 2.75) is 90.4 Å². The van der Waals surface area contributed by atoms with Crippen LogP contribution < -0.4 is 10.1 Å². The van der Waals surface area contributed by atoms with Crippen molar-refractivity contribution in [1.29, 1.82) is 0 Å². The van der Waals surface area contributed by atoms with Crippen LogP contribution in [0.3, 0.4) is 0 Å². The summed E-state index contributed by atoms with van der Waals surface area (Å²) in [4.78, 5) is 28.5. The van der Waals surface area contributed by atoms with Crippen molar-refractivity contribution in [3.63, 3.8) is 0 Å². The van der Waals surface area contributed by atoms with E-state index in [0.29, 0.717) is 41.6 Å². The molecule has 0 radical (unpaired) electrons. The Morgan fingerprint density at radius 3 is 2.67 bits per heavy atom. The third-order valence-corrected chi connectivity index (χ3v) is 7.50. The molecule has 2 aliphatic rings. The normalized spacial score (nSPS) is 21.5. The Hall–Kier alpha value is -3.17. The summed E-state index contributed by atoms with van der Waals surface area (Å²) in [6.07, 6.45) is 8.06. The van der Waals surface area contributed by atoms with E-state index in [0.717, 1.165) is 31.4 Å². The minimum Gasteiger partial charge on any atom is -0.489 e. The van der Waals surface area contributed by atoms with Crippen LogP contribution in [-0.2, 0) is 23.1 Å². The SMILES string of the molecule is Cc1nc(-c2nnn(C)c2CNC(=O)O[C@H](C)C2CCCCC2)ccc1O[C@H]1CCC[C@H](C(=O)O)C1. The number of carboxylic acid groups (broad SMARTS) is 1. The predicted octanol–water partition coefficient (Wildman–Crippen LogP) is 4.40. The Morgan fingerprint density at radius 2 is 1.94 bits per heavy atom. The monoisotopic (exact) mass is 499 g/mol. The first kappa shape index (κ1) is 25.9. The molecule has 3 atom stereocenters. The topological polar surface area (TPSA) is 128 Å². The molecule has 4 rings (SSSR count). The number of carbonyl (C=O) groups is 2. The molecule has 2 fully saturated rings. The zero-order chi connectivity index (χ0) is 25.7. The first-order chi connectivity index (χ1) is 17.3. The Kier molecular flexibility index (Phi) is 8.43. The number of aryl methyl sites for hydroxylation is 2. The summed E-state index contributed by atoms with van der Waals surface area (Å²) in [6.45, 7) is 4.04. The number of alkyl carbamates (subject to hydrolysis) is 1. The van der Waals surface area contributed by atoms with Gasteiger partial charge >= 0.3 is 12.1 Å². The summed E-state index contributed by atoms with van der Waals surface area (Å²) in [5.74, 6) is -0.0542. The molecule has 0 spiro atoms. The minimum absolute atomic E-state index is 0.110. The highest BCUT2D eigenvalue weighted by Gasteiger charge is 2.29. The predicted molar refractivity (Wildman–Crippen MR) is 132 cm³/mol. The number of hydrogen-bond donors (Lipinski definition) is 2. The zero-order valence-electron chi connectivity index (χ0n) is 21.4. The van der Waals surface area contributed by atoms with Gasteiger partial charge in [-0.05, 0) is 70.4 Å². The number of hydrogen-bond acceptors (Lipinski definition) is 7. The molecule has 2 aliphatic carbocycles. The van der Waals surface area contributed by atoms with Gasteiger partial charge in [0.15, 0.2) is 0 Å². The van der Waals surface area contributed by atoms with Gasteiger partial charge in [0, 0.05) is 7.05 Å². The van der Waals surface area contributed by atoms with Crippen LogP contribution in [0.2, 0.25) is 0 Å². The molecule has 2 heterocycles. The summed E-state index contributed by atoms with van der Waals surface area (Å²) < 4.78 is 13.4. The number of aliphatic carboxylic acids is 1. The Labute approximate surface area is 211 Å². The molecule has 196 valence electrons. The highest BCUT2D eigenvalue weighted by atomic mass is 16.6. The van der Waals surface area contributed by atoms with Gasteiger partial charge < -0.3 is 19.9 Å². The molecule has 2 N–H and O–H groups in total. The molecule has 10 nitrogen and oxygen atoms in total. The van der Waals surface area contributed by atoms with E-state index in [9.17, 15) is 14.7 Å². The van der Waals surface area contributed by atoms with E-state index in [1.807, 2.05) is 26.0 Å². The standard InChI is InChI=1S/C26H37N5O5/c1-16-23(36-20-11-7-10-19(14-20)25(32)33)13-12-21(28-16)24-22(31(3)30-29-24)15-27-26(34)35-17(2)18-8-5-4-6-9-18/h12-13,17-20H,4-11,14-15H2,1-3H3,(H,27,34)(H,32,33)/t17-,19+,20+/m1/s1. The highest BCUT2D eigenvalue weighted by Crippen LogP contribution is 2.31. The van der Waals surface area contributed by atoms with Gasteiger partial charge in [-0.15, -0.1) is 5.10 Å². The van der Waals surface area contributed by atoms with E-state index in [2.05, 4.69) is 20.6 Å². The minimum atomic E-state index is -0.760. The number of carbonyl (C=O) groups excluding carboxylic acids is 1. The number of pyridine rings is 1. The van der Waals surface area contributed by atoms with E-state index >= 15 is 0 Å². The smallest absolute Gasteiger partial charge is 0.407 e. The van der Waals surface area contributed by atoms with Gasteiger partial charge in [0.05, 0.1) is 35.6 Å². The third kappa shape index (κ3) is 6.33. The van der Waals surface area contributed by atoms with Crippen LogP contribution in [0.1, 0.15) is 76.1 Å². The van der Waals surface area contributed by atoms with Crippen molar-refractivity contribution >= 4 is 12.1 Å². The van der Waals surface area contributed by atoms with Crippen molar-refractivity contribution in [1.82, 2.24) is 25.3 Å². The van der Waals surface area contributed by atoms with Gasteiger partial charge in [-0.3, -0.25) is 4.79 Å². The van der Waals surface area contributed by atoms with Gasteiger partial charge in [0.2, 0.25) is 0 Å². The van der Waals surface area contributed by atoms with Gasteiger partial charge in [-0.1, -0.05) is 24.5 Å². The van der Waals surface area contributed by atoms with Gasteiger partial charge in [-0.2, -0.15) is 0 Å². The second-order valence-corrected chi connectivity index (χ2v) is 10.1. The Balaban J connectivity index is 1.38. The molecule has 10 heteroatoms. The maximum atomic E-state index is 12.5. The number of carboxylic acids is 1. The lowest BCUT2D eigenvalue weighted by Gasteiger charge is -2.27. The number of aromatic nitrogens is 4. The quantitative estimate of drug-likeness (QED) is 0.547. The summed E-state index contributed by atoms with van der Waals surface area (Å²) in [6, 6.07) is 3.66. The largest absolute Gasteiger partial charge is 0.489 e. The van der Waals surface area contributed by atoms with E-state index in [-0.39, 0.29) is 24.7 Å². The molecular weight excluding hydrogens is 462 g/mol. The second kappa shape index (κ2) is 11.7. The van der Waals surface area contributed by atoms with Crippen molar-refractivity contribution in [3.05, 3.63) is 23.5 Å². The molecule has 2 aromatic rings. The average Bonchev–Trinajstić information content (AvgIpc) is 3.24. The molecule has 0 saturated heterocycles. The molecule has 0 aliphatic heterocycles. The molecule has 2 aromatic heterocycles. The number of nitrogens with one attached hydrogen (secondary N) is 1. The van der Waals surface area contributed by atoms with Crippen molar-refractivity contribution in [2.75, 3.05) is 0 Å². The van der Waals surface area contributed by atoms with Crippen LogP contribution in [-0.4, -0.2) is 49.4 Å². The molecule has 0 bridgehead atoms. The fraction of sp³-hybridized carbons (Fsp3) is 0.654. The van der Waals surface area contributed by atoms with Crippen LogP contribution in [0.15, 0.2) is 12.1 Å². The van der Waals surface area contributed by atoms with Crippen molar-refractivity contribution in [3.8, 4) is 17.1 Å². The Bertz CT molecular complexity index is 1060. The fourth-order valence-corrected chi connectivity index (χ4v) is 5.30. The van der Waals surface area contributed by atoms with Crippen molar-refractivity contribution < 1.29 is 24.2 Å². The lowest BCUT2D eigenvalue weighted by Crippen LogP contribution is -2.32. The average molecular weight is 500 g/mol. The molecule has 2 saturated carbocycles. The van der Waals surface area contributed by atoms with Crippen LogP contribution in [0.4, 0.5) is 4.79 Å². The molecule has 36 heavy (non-hydrogen) atoms. The van der Waals surface area contributed by atoms with Gasteiger partial charge in [-0.25, -0.2) is 14.5 Å². The van der Waals surface area contributed by atoms with Crippen LogP contribution in [0.5, 0.6) is 5.75 Å². The zero-order valence-corrected chi connectivity index (χ0v) is 21.4. The van der Waals surface area contributed by atoms with E-state index in [1.165, 1.54) is 19.3 Å². The molecule has 1 amide bonds. The highest BCUT2D eigenvalue weighted by molar-refractivity contribution is 5.70. The maximum absolute atomic E-state index is 12.5. The molecule has 0 unspecified atom stereocenters.